The number of aromatic nitrogens is 4. The molecule has 0 spiro atoms. The molecule has 1 unspecified atom stereocenters. The van der Waals surface area contributed by atoms with E-state index in [0.717, 1.165) is 69.1 Å². The Kier molecular flexibility index (Phi) is 10.4. The summed E-state index contributed by atoms with van der Waals surface area (Å²) in [5, 5.41) is 2.73. The molecule has 308 valence electrons. The van der Waals surface area contributed by atoms with Gasteiger partial charge in [-0.25, -0.2) is 19.6 Å². The first-order valence-electron chi connectivity index (χ1n) is 20.1. The van der Waals surface area contributed by atoms with Crippen LogP contribution in [0.1, 0.15) is 95.7 Å². The number of carbonyl (C=O) groups excluding carboxylic acids is 3. The van der Waals surface area contributed by atoms with Crippen molar-refractivity contribution in [3.8, 4) is 45.1 Å². The van der Waals surface area contributed by atoms with Gasteiger partial charge >= 0.3 is 12.2 Å². The van der Waals surface area contributed by atoms with Crippen LogP contribution in [0.2, 0.25) is 0 Å². The molecule has 58 heavy (non-hydrogen) atoms. The first kappa shape index (κ1) is 39.3. The Labute approximate surface area is 338 Å². The number of alkyl carbamates (subject to hydrolysis) is 1. The van der Waals surface area contributed by atoms with Crippen LogP contribution in [-0.2, 0) is 32.2 Å². The lowest BCUT2D eigenvalue weighted by molar-refractivity contribution is -0.137. The lowest BCUT2D eigenvalue weighted by atomic mass is 9.87. The molecule has 0 aliphatic carbocycles. The number of imidazole rings is 2. The molecule has 8 rings (SSSR count). The van der Waals surface area contributed by atoms with E-state index in [1.165, 1.54) is 7.11 Å². The van der Waals surface area contributed by atoms with Crippen LogP contribution in [0.4, 0.5) is 9.59 Å². The number of H-pyrrole nitrogens is 2. The van der Waals surface area contributed by atoms with Crippen molar-refractivity contribution >= 4 is 18.1 Å². The van der Waals surface area contributed by atoms with E-state index in [1.54, 1.807) is 24.4 Å². The summed E-state index contributed by atoms with van der Waals surface area (Å²) in [6.07, 6.45) is 4.88. The average Bonchev–Trinajstić information content (AvgIpc) is 4.01. The molecule has 3 N–H and O–H groups in total. The van der Waals surface area contributed by atoms with Gasteiger partial charge in [0.1, 0.15) is 48.0 Å². The highest BCUT2D eigenvalue weighted by atomic mass is 16.6. The fraction of sp³-hybridized carbons (Fsp3) is 0.512. The first-order chi connectivity index (χ1) is 27.7. The highest BCUT2D eigenvalue weighted by Gasteiger charge is 2.42. The van der Waals surface area contributed by atoms with Crippen molar-refractivity contribution in [3.63, 3.8) is 0 Å². The minimum absolute atomic E-state index is 0.0220. The fourth-order valence-electron chi connectivity index (χ4n) is 8.84. The largest absolute Gasteiger partial charge is 0.488 e. The second-order valence-electron chi connectivity index (χ2n) is 17.2. The van der Waals surface area contributed by atoms with Gasteiger partial charge in [-0.2, -0.15) is 0 Å². The van der Waals surface area contributed by atoms with Crippen molar-refractivity contribution in [2.75, 3.05) is 27.4 Å². The summed E-state index contributed by atoms with van der Waals surface area (Å²) in [4.78, 5) is 59.4. The molecule has 2 saturated heterocycles. The van der Waals surface area contributed by atoms with Gasteiger partial charge in [-0.3, -0.25) is 9.69 Å². The SMILES string of the molecule is COCC1C[C@@H](c2ncc(-c3cc4c5c(c3)OCc3cc(-c6cnc([C@@H]7CC[C@H](C)N7C(=O)[C@@H](NC(=O)OC)C(C)C)[nH]6)cc(c3-5)OC4)[nH]2)N(C(=O)OC(C)(C)C)C1. The third-order valence-corrected chi connectivity index (χ3v) is 11.6. The number of ether oxygens (including phenoxy) is 5. The van der Waals surface area contributed by atoms with E-state index in [4.69, 9.17) is 33.7 Å². The lowest BCUT2D eigenvalue weighted by Crippen LogP contribution is -2.52. The van der Waals surface area contributed by atoms with Crippen LogP contribution < -0.4 is 14.8 Å². The molecule has 6 heterocycles. The number of carbonyl (C=O) groups is 3. The summed E-state index contributed by atoms with van der Waals surface area (Å²) in [5.74, 6) is 2.81. The number of nitrogens with zero attached hydrogens (tertiary/aromatic N) is 4. The van der Waals surface area contributed by atoms with Crippen LogP contribution >= 0.6 is 0 Å². The number of nitrogens with one attached hydrogen (secondary N) is 3. The second-order valence-corrected chi connectivity index (χ2v) is 17.2. The van der Waals surface area contributed by atoms with Gasteiger partial charge in [0.05, 0.1) is 49.6 Å². The number of methoxy groups -OCH3 is 2. The number of benzene rings is 2. The van der Waals surface area contributed by atoms with Crippen LogP contribution in [0.15, 0.2) is 36.7 Å². The first-order valence-corrected chi connectivity index (χ1v) is 20.1. The molecule has 2 aromatic heterocycles. The maximum atomic E-state index is 13.9. The maximum Gasteiger partial charge on any atom is 0.410 e. The van der Waals surface area contributed by atoms with Crippen LogP contribution in [-0.4, -0.2) is 92.9 Å². The van der Waals surface area contributed by atoms with Crippen molar-refractivity contribution in [1.29, 1.82) is 0 Å². The van der Waals surface area contributed by atoms with Crippen molar-refractivity contribution in [2.24, 2.45) is 11.8 Å². The normalized spacial score (nSPS) is 21.3. The van der Waals surface area contributed by atoms with Gasteiger partial charge in [-0.05, 0) is 77.1 Å². The summed E-state index contributed by atoms with van der Waals surface area (Å²) in [7, 11) is 2.97. The quantitative estimate of drug-likeness (QED) is 0.156. The summed E-state index contributed by atoms with van der Waals surface area (Å²) < 4.78 is 28.9. The Bertz CT molecular complexity index is 2170. The number of aromatic amines is 2. The lowest BCUT2D eigenvalue weighted by Gasteiger charge is -2.33. The van der Waals surface area contributed by atoms with E-state index in [9.17, 15) is 14.4 Å². The third kappa shape index (κ3) is 7.36. The predicted molar refractivity (Wildman–Crippen MR) is 214 cm³/mol. The van der Waals surface area contributed by atoms with Crippen molar-refractivity contribution in [3.05, 3.63) is 59.4 Å². The topological polar surface area (TPSA) is 173 Å². The Morgan fingerprint density at radius 1 is 0.897 bits per heavy atom. The maximum absolute atomic E-state index is 13.9. The van der Waals surface area contributed by atoms with E-state index >= 15 is 0 Å². The zero-order chi connectivity index (χ0) is 41.0. The fourth-order valence-corrected chi connectivity index (χ4v) is 8.84. The van der Waals surface area contributed by atoms with E-state index < -0.39 is 17.7 Å². The minimum atomic E-state index is -0.723. The van der Waals surface area contributed by atoms with E-state index in [1.807, 2.05) is 58.6 Å². The highest BCUT2D eigenvalue weighted by molar-refractivity contribution is 5.89. The Morgan fingerprint density at radius 2 is 1.48 bits per heavy atom. The molecule has 15 heteroatoms. The number of amides is 3. The van der Waals surface area contributed by atoms with Gasteiger partial charge in [0.15, 0.2) is 0 Å². The molecule has 2 fully saturated rings. The van der Waals surface area contributed by atoms with Gasteiger partial charge in [-0.15, -0.1) is 0 Å². The molecule has 5 atom stereocenters. The van der Waals surface area contributed by atoms with Gasteiger partial charge < -0.3 is 43.9 Å². The van der Waals surface area contributed by atoms with E-state index in [0.29, 0.717) is 44.4 Å². The molecular weight excluding hydrogens is 743 g/mol. The molecule has 4 aromatic rings. The number of rotatable bonds is 9. The average molecular weight is 796 g/mol. The third-order valence-electron chi connectivity index (χ3n) is 11.6. The monoisotopic (exact) mass is 795 g/mol. The highest BCUT2D eigenvalue weighted by Crippen LogP contribution is 2.51. The zero-order valence-corrected chi connectivity index (χ0v) is 34.4. The molecule has 3 amide bonds. The van der Waals surface area contributed by atoms with Crippen molar-refractivity contribution in [1.82, 2.24) is 35.1 Å². The summed E-state index contributed by atoms with van der Waals surface area (Å²) in [6.45, 7) is 13.2. The predicted octanol–water partition coefficient (Wildman–Crippen LogP) is 7.30. The summed E-state index contributed by atoms with van der Waals surface area (Å²) in [5.41, 5.74) is 6.87. The minimum Gasteiger partial charge on any atom is -0.488 e. The molecular formula is C43H53N7O8. The molecule has 0 bridgehead atoms. The van der Waals surface area contributed by atoms with Gasteiger partial charge in [0, 0.05) is 59.0 Å². The molecule has 2 aromatic carbocycles. The smallest absolute Gasteiger partial charge is 0.410 e. The zero-order valence-electron chi connectivity index (χ0n) is 34.4. The van der Waals surface area contributed by atoms with Crippen molar-refractivity contribution in [2.45, 2.75) is 104 Å². The van der Waals surface area contributed by atoms with Crippen molar-refractivity contribution < 1.29 is 38.1 Å². The van der Waals surface area contributed by atoms with Crippen LogP contribution in [0.5, 0.6) is 11.5 Å². The number of hydrogen-bond acceptors (Lipinski definition) is 10. The van der Waals surface area contributed by atoms with Gasteiger partial charge in [-0.1, -0.05) is 13.8 Å². The summed E-state index contributed by atoms with van der Waals surface area (Å²) in [6, 6.07) is 7.01. The molecule has 4 aliphatic rings. The standard InChI is InChI=1S/C43H53N7O8/c1-22(2)37(48-41(52)55-8)40(51)50-23(3)9-10-31(50)38-44-16-29(46-38)25-12-27-20-57-34-15-26(13-28-21-56-33(14-25)35(27)36(28)34)30-17-45-39(47-30)32-11-24(19-54-7)18-49(32)42(53)58-43(4,5)6/h12-17,22-24,31-32,37H,9-11,18-21H2,1-8H3,(H,44,46)(H,45,47)(H,48,52)/t23-,24?,31-,32-,37-/m0/s1. The van der Waals surface area contributed by atoms with Crippen LogP contribution in [0.3, 0.4) is 0 Å². The second kappa shape index (κ2) is 15.3. The Morgan fingerprint density at radius 3 is 2.02 bits per heavy atom. The molecule has 15 nitrogen and oxygen atoms in total. The Hall–Kier alpha value is -5.57. The molecule has 0 saturated carbocycles. The number of likely N-dealkylation sites (tertiary alicyclic amines) is 2. The number of hydrogen-bond donors (Lipinski definition) is 3. The van der Waals surface area contributed by atoms with Gasteiger partial charge in [0.2, 0.25) is 5.91 Å². The van der Waals surface area contributed by atoms with Crippen LogP contribution in [0, 0.1) is 11.8 Å². The van der Waals surface area contributed by atoms with E-state index in [-0.39, 0.29) is 42.0 Å². The molecule has 0 radical (unpaired) electrons. The summed E-state index contributed by atoms with van der Waals surface area (Å²) >= 11 is 0. The van der Waals surface area contributed by atoms with E-state index in [2.05, 4.69) is 27.4 Å². The van der Waals surface area contributed by atoms with Gasteiger partial charge in [0.25, 0.3) is 0 Å². The van der Waals surface area contributed by atoms with Crippen LogP contribution in [0.25, 0.3) is 33.6 Å². The Balaban J connectivity index is 1.04. The molecule has 4 aliphatic heterocycles.